The third-order valence-corrected chi connectivity index (χ3v) is 7.44. The number of thioether (sulfide) groups is 1. The summed E-state index contributed by atoms with van der Waals surface area (Å²) in [6, 6.07) is 28.9. The van der Waals surface area contributed by atoms with Crippen molar-refractivity contribution in [2.24, 2.45) is 4.99 Å². The molecule has 1 amide bonds. The van der Waals surface area contributed by atoms with E-state index >= 15 is 0 Å². The van der Waals surface area contributed by atoms with Crippen molar-refractivity contribution in [2.75, 3.05) is 4.90 Å². The van der Waals surface area contributed by atoms with E-state index < -0.39 is 0 Å². The predicted molar refractivity (Wildman–Crippen MR) is 156 cm³/mol. The third-order valence-electron chi connectivity index (χ3n) is 5.42. The SMILES string of the molecule is O=C1/C(=C\c2cc(Br)cc(Br)c2OCc2ccc(F)cc2)SC(=Nc2ccccc2)N1c1ccccc1. The number of carbonyl (C=O) groups excluding carboxylic acids is 1. The average Bonchev–Trinajstić information content (AvgIpc) is 3.19. The Balaban J connectivity index is 1.52. The molecule has 0 aliphatic carbocycles. The normalized spacial score (nSPS) is 15.5. The van der Waals surface area contributed by atoms with Gasteiger partial charge in [0.15, 0.2) is 5.17 Å². The molecule has 1 aliphatic rings. The van der Waals surface area contributed by atoms with Crippen LogP contribution in [0.25, 0.3) is 6.08 Å². The molecular weight excluding hydrogens is 619 g/mol. The summed E-state index contributed by atoms with van der Waals surface area (Å²) in [5.74, 6) is 0.103. The Kier molecular flexibility index (Phi) is 7.88. The van der Waals surface area contributed by atoms with Gasteiger partial charge in [0.1, 0.15) is 18.2 Å². The van der Waals surface area contributed by atoms with Crippen molar-refractivity contribution < 1.29 is 13.9 Å². The molecule has 0 bridgehead atoms. The van der Waals surface area contributed by atoms with Crippen molar-refractivity contribution in [2.45, 2.75) is 6.61 Å². The van der Waals surface area contributed by atoms with Crippen LogP contribution in [0.5, 0.6) is 5.75 Å². The summed E-state index contributed by atoms with van der Waals surface area (Å²) in [5, 5.41) is 0.566. The number of aliphatic imine (C=N–C) groups is 1. The lowest BCUT2D eigenvalue weighted by atomic mass is 10.1. The van der Waals surface area contributed by atoms with Crippen LogP contribution in [-0.2, 0) is 11.4 Å². The Hall–Kier alpha value is -3.20. The van der Waals surface area contributed by atoms with Crippen LogP contribution in [0, 0.1) is 5.82 Å². The van der Waals surface area contributed by atoms with E-state index in [1.165, 1.54) is 23.9 Å². The number of para-hydroxylation sites is 2. The number of rotatable bonds is 6. The molecule has 4 nitrogen and oxygen atoms in total. The average molecular weight is 638 g/mol. The van der Waals surface area contributed by atoms with Crippen molar-refractivity contribution >= 4 is 72.1 Å². The fraction of sp³-hybridized carbons (Fsp3) is 0.0345. The van der Waals surface area contributed by atoms with E-state index in [1.54, 1.807) is 17.0 Å². The standard InChI is InChI=1S/C29H19Br2FN2O2S/c30-21-15-20(27(25(31)17-21)36-18-19-11-13-22(32)14-12-19)16-26-28(35)34(24-9-5-2-6-10-24)29(37-26)33-23-7-3-1-4-8-23/h1-17H,18H2/b26-16+,33-29?. The molecule has 4 aromatic rings. The van der Waals surface area contributed by atoms with Crippen LogP contribution in [0.2, 0.25) is 0 Å². The highest BCUT2D eigenvalue weighted by atomic mass is 79.9. The number of carbonyl (C=O) groups is 1. The predicted octanol–water partition coefficient (Wildman–Crippen LogP) is 8.74. The zero-order valence-electron chi connectivity index (χ0n) is 19.3. The topological polar surface area (TPSA) is 41.9 Å². The number of amides is 1. The van der Waals surface area contributed by atoms with Crippen LogP contribution in [-0.4, -0.2) is 11.1 Å². The van der Waals surface area contributed by atoms with E-state index in [4.69, 9.17) is 9.73 Å². The second-order valence-electron chi connectivity index (χ2n) is 8.04. The van der Waals surface area contributed by atoms with Gasteiger partial charge in [-0.25, -0.2) is 9.38 Å². The van der Waals surface area contributed by atoms with Crippen molar-refractivity contribution in [3.8, 4) is 5.75 Å². The molecule has 0 aromatic heterocycles. The Labute approximate surface area is 235 Å². The van der Waals surface area contributed by atoms with Crippen molar-refractivity contribution in [3.63, 3.8) is 0 Å². The number of halogens is 3. The molecule has 0 atom stereocenters. The lowest BCUT2D eigenvalue weighted by molar-refractivity contribution is -0.113. The first-order valence-corrected chi connectivity index (χ1v) is 13.7. The molecule has 4 aromatic carbocycles. The fourth-order valence-corrected chi connectivity index (χ4v) is 6.05. The molecule has 5 rings (SSSR count). The summed E-state index contributed by atoms with van der Waals surface area (Å²) in [7, 11) is 0. The van der Waals surface area contributed by atoms with Crippen molar-refractivity contribution in [1.29, 1.82) is 0 Å². The molecule has 1 heterocycles. The summed E-state index contributed by atoms with van der Waals surface area (Å²) in [4.78, 5) is 20.6. The molecule has 1 fully saturated rings. The van der Waals surface area contributed by atoms with Gasteiger partial charge in [-0.2, -0.15) is 0 Å². The molecule has 184 valence electrons. The monoisotopic (exact) mass is 636 g/mol. The van der Waals surface area contributed by atoms with Crippen LogP contribution in [0.3, 0.4) is 0 Å². The van der Waals surface area contributed by atoms with E-state index in [2.05, 4.69) is 31.9 Å². The quantitative estimate of drug-likeness (QED) is 0.199. The Morgan fingerprint density at radius 3 is 2.30 bits per heavy atom. The smallest absolute Gasteiger partial charge is 0.271 e. The minimum Gasteiger partial charge on any atom is -0.487 e. The van der Waals surface area contributed by atoms with Gasteiger partial charge in [0, 0.05) is 10.0 Å². The molecule has 0 saturated carbocycles. The largest absolute Gasteiger partial charge is 0.487 e. The maximum Gasteiger partial charge on any atom is 0.271 e. The zero-order chi connectivity index (χ0) is 25.8. The van der Waals surface area contributed by atoms with Gasteiger partial charge in [-0.05, 0) is 87.9 Å². The maximum atomic E-state index is 13.7. The van der Waals surface area contributed by atoms with E-state index in [1.807, 2.05) is 78.9 Å². The van der Waals surface area contributed by atoms with Crippen LogP contribution in [0.1, 0.15) is 11.1 Å². The first kappa shape index (κ1) is 25.4. The van der Waals surface area contributed by atoms with Gasteiger partial charge in [-0.3, -0.25) is 9.69 Å². The molecule has 0 radical (unpaired) electrons. The number of amidine groups is 1. The highest BCUT2D eigenvalue weighted by Gasteiger charge is 2.35. The number of hydrogen-bond acceptors (Lipinski definition) is 4. The maximum absolute atomic E-state index is 13.7. The number of anilines is 1. The highest BCUT2D eigenvalue weighted by molar-refractivity contribution is 9.11. The second-order valence-corrected chi connectivity index (χ2v) is 10.8. The number of ether oxygens (including phenoxy) is 1. The number of benzene rings is 4. The van der Waals surface area contributed by atoms with Crippen LogP contribution < -0.4 is 9.64 Å². The van der Waals surface area contributed by atoms with E-state index in [9.17, 15) is 9.18 Å². The highest BCUT2D eigenvalue weighted by Crippen LogP contribution is 2.40. The van der Waals surface area contributed by atoms with Crippen molar-refractivity contribution in [1.82, 2.24) is 0 Å². The molecule has 8 heteroatoms. The molecule has 1 aliphatic heterocycles. The summed E-state index contributed by atoms with van der Waals surface area (Å²) in [6.45, 7) is 0.245. The van der Waals surface area contributed by atoms with E-state index in [-0.39, 0.29) is 18.3 Å². The fourth-order valence-electron chi connectivity index (χ4n) is 3.68. The number of nitrogens with zero attached hydrogens (tertiary/aromatic N) is 2. The molecule has 0 N–H and O–H groups in total. The molecule has 0 spiro atoms. The summed E-state index contributed by atoms with van der Waals surface area (Å²) in [6.07, 6.45) is 1.81. The van der Waals surface area contributed by atoms with Crippen LogP contribution in [0.15, 0.2) is 116 Å². The minimum atomic E-state index is -0.299. The van der Waals surface area contributed by atoms with Gasteiger partial charge in [-0.1, -0.05) is 64.5 Å². The van der Waals surface area contributed by atoms with E-state index in [0.29, 0.717) is 21.4 Å². The summed E-state index contributed by atoms with van der Waals surface area (Å²) >= 11 is 8.43. The number of hydrogen-bond donors (Lipinski definition) is 0. The second kappa shape index (κ2) is 11.5. The minimum absolute atomic E-state index is 0.175. The van der Waals surface area contributed by atoms with Crippen molar-refractivity contribution in [3.05, 3.63) is 128 Å². The Morgan fingerprint density at radius 2 is 1.59 bits per heavy atom. The summed E-state index contributed by atoms with van der Waals surface area (Å²) in [5.41, 5.74) is 3.04. The first-order chi connectivity index (χ1) is 18.0. The zero-order valence-corrected chi connectivity index (χ0v) is 23.3. The molecule has 0 unspecified atom stereocenters. The third kappa shape index (κ3) is 6.04. The first-order valence-electron chi connectivity index (χ1n) is 11.3. The molecule has 37 heavy (non-hydrogen) atoms. The lowest BCUT2D eigenvalue weighted by Gasteiger charge is -2.15. The lowest BCUT2D eigenvalue weighted by Crippen LogP contribution is -2.28. The Bertz CT molecular complexity index is 1490. The van der Waals surface area contributed by atoms with E-state index in [0.717, 1.165) is 25.9 Å². The van der Waals surface area contributed by atoms with Gasteiger partial charge < -0.3 is 4.74 Å². The van der Waals surface area contributed by atoms with Crippen LogP contribution >= 0.6 is 43.6 Å². The Morgan fingerprint density at radius 1 is 0.919 bits per heavy atom. The van der Waals surface area contributed by atoms with Gasteiger partial charge in [0.2, 0.25) is 0 Å². The van der Waals surface area contributed by atoms with Gasteiger partial charge in [0.25, 0.3) is 5.91 Å². The van der Waals surface area contributed by atoms with Gasteiger partial charge in [0.05, 0.1) is 20.8 Å². The van der Waals surface area contributed by atoms with Gasteiger partial charge in [-0.15, -0.1) is 0 Å². The summed E-state index contributed by atoms with van der Waals surface area (Å²) < 4.78 is 21.0. The van der Waals surface area contributed by atoms with Crippen LogP contribution in [0.4, 0.5) is 15.8 Å². The molecular formula is C29H19Br2FN2O2S. The van der Waals surface area contributed by atoms with Gasteiger partial charge >= 0.3 is 0 Å². The molecule has 1 saturated heterocycles.